The lowest BCUT2D eigenvalue weighted by Crippen LogP contribution is -2.41. The molecule has 0 spiro atoms. The van der Waals surface area contributed by atoms with E-state index in [0.29, 0.717) is 16.6 Å². The highest BCUT2D eigenvalue weighted by Gasteiger charge is 2.16. The van der Waals surface area contributed by atoms with Gasteiger partial charge in [0.2, 0.25) is 0 Å². The fourth-order valence-electron chi connectivity index (χ4n) is 1.77. The number of hydrogen-bond donors (Lipinski definition) is 2. The number of nitrogens with zero attached hydrogens (tertiary/aromatic N) is 1. The number of amides is 3. The number of benzene rings is 1. The lowest BCUT2D eigenvalue weighted by Gasteiger charge is -2.05. The van der Waals surface area contributed by atoms with E-state index < -0.39 is 24.5 Å². The highest BCUT2D eigenvalue weighted by Crippen LogP contribution is 2.26. The molecule has 0 saturated heterocycles. The number of aromatic nitrogens is 1. The first kappa shape index (κ1) is 18.9. The second-order valence-electron chi connectivity index (χ2n) is 4.93. The molecular weight excluding hydrogens is 366 g/mol. The molecule has 0 radical (unpaired) electrons. The van der Waals surface area contributed by atoms with Crippen LogP contribution in [0.2, 0.25) is 5.02 Å². The number of thiazole rings is 1. The largest absolute Gasteiger partial charge is 0.451 e. The van der Waals surface area contributed by atoms with E-state index in [4.69, 9.17) is 16.3 Å². The summed E-state index contributed by atoms with van der Waals surface area (Å²) in [4.78, 5) is 39.0. The maximum Gasteiger partial charge on any atom is 0.358 e. The first-order valence-corrected chi connectivity index (χ1v) is 8.71. The second-order valence-corrected chi connectivity index (χ2v) is 6.22. The van der Waals surface area contributed by atoms with Crippen LogP contribution in [0.5, 0.6) is 0 Å². The molecule has 1 aromatic heterocycles. The summed E-state index contributed by atoms with van der Waals surface area (Å²) in [6.07, 6.45) is 0.745. The van der Waals surface area contributed by atoms with Crippen LogP contribution < -0.4 is 10.6 Å². The molecule has 25 heavy (non-hydrogen) atoms. The van der Waals surface area contributed by atoms with Gasteiger partial charge in [-0.25, -0.2) is 14.6 Å². The van der Waals surface area contributed by atoms with Crippen LogP contribution in [-0.2, 0) is 9.53 Å². The van der Waals surface area contributed by atoms with Gasteiger partial charge in [-0.15, -0.1) is 11.3 Å². The third-order valence-corrected chi connectivity index (χ3v) is 4.03. The van der Waals surface area contributed by atoms with Crippen LogP contribution in [0.15, 0.2) is 29.6 Å². The zero-order valence-corrected chi connectivity index (χ0v) is 14.9. The first-order valence-electron chi connectivity index (χ1n) is 7.46. The molecule has 132 valence electrons. The van der Waals surface area contributed by atoms with E-state index in [1.165, 1.54) is 16.7 Å². The summed E-state index contributed by atoms with van der Waals surface area (Å²) in [5, 5.41) is 7.24. The number of carbonyl (C=O) groups excluding carboxylic acids is 3. The van der Waals surface area contributed by atoms with E-state index in [0.717, 1.165) is 12.0 Å². The highest BCUT2D eigenvalue weighted by atomic mass is 35.5. The molecular formula is C16H16ClN3O4S. The fraction of sp³-hybridized carbons (Fsp3) is 0.250. The maximum atomic E-state index is 11.9. The van der Waals surface area contributed by atoms with E-state index in [-0.39, 0.29) is 5.69 Å². The van der Waals surface area contributed by atoms with Crippen LogP contribution in [-0.4, -0.2) is 36.0 Å². The van der Waals surface area contributed by atoms with Gasteiger partial charge in [0.15, 0.2) is 12.3 Å². The van der Waals surface area contributed by atoms with Gasteiger partial charge in [-0.3, -0.25) is 10.1 Å². The van der Waals surface area contributed by atoms with Crippen LogP contribution in [0, 0.1) is 0 Å². The van der Waals surface area contributed by atoms with Gasteiger partial charge in [-0.2, -0.15) is 0 Å². The number of ether oxygens (including phenoxy) is 1. The molecule has 0 atom stereocenters. The van der Waals surface area contributed by atoms with E-state index in [9.17, 15) is 14.4 Å². The normalized spacial score (nSPS) is 10.2. The molecule has 0 bridgehead atoms. The lowest BCUT2D eigenvalue weighted by molar-refractivity contribution is -0.123. The van der Waals surface area contributed by atoms with Crippen LogP contribution in [0.1, 0.15) is 23.8 Å². The Kier molecular flexibility index (Phi) is 6.91. The SMILES string of the molecule is CCCNC(=O)NC(=O)COC(=O)c1csc(-c2cccc(Cl)c2)n1. The second kappa shape index (κ2) is 9.14. The predicted octanol–water partition coefficient (Wildman–Crippen LogP) is 2.86. The zero-order valence-electron chi connectivity index (χ0n) is 13.4. The molecule has 0 aliphatic carbocycles. The number of carbonyl (C=O) groups is 3. The van der Waals surface area contributed by atoms with Crippen molar-refractivity contribution in [3.05, 3.63) is 40.4 Å². The van der Waals surface area contributed by atoms with E-state index >= 15 is 0 Å². The summed E-state index contributed by atoms with van der Waals surface area (Å²) in [5.74, 6) is -1.46. The monoisotopic (exact) mass is 381 g/mol. The van der Waals surface area contributed by atoms with Gasteiger partial charge >= 0.3 is 12.0 Å². The van der Waals surface area contributed by atoms with Crippen molar-refractivity contribution in [2.45, 2.75) is 13.3 Å². The molecule has 2 aromatic rings. The summed E-state index contributed by atoms with van der Waals surface area (Å²) in [6, 6.07) is 6.45. The topological polar surface area (TPSA) is 97.4 Å². The van der Waals surface area contributed by atoms with Crippen molar-refractivity contribution < 1.29 is 19.1 Å². The van der Waals surface area contributed by atoms with Crippen molar-refractivity contribution in [2.24, 2.45) is 0 Å². The van der Waals surface area contributed by atoms with Gasteiger partial charge in [0.25, 0.3) is 5.91 Å². The van der Waals surface area contributed by atoms with Crippen molar-refractivity contribution in [3.63, 3.8) is 0 Å². The van der Waals surface area contributed by atoms with Crippen LogP contribution in [0.4, 0.5) is 4.79 Å². The third-order valence-electron chi connectivity index (χ3n) is 2.91. The fourth-order valence-corrected chi connectivity index (χ4v) is 2.75. The maximum absolute atomic E-state index is 11.9. The highest BCUT2D eigenvalue weighted by molar-refractivity contribution is 7.13. The number of nitrogens with one attached hydrogen (secondary N) is 2. The summed E-state index contributed by atoms with van der Waals surface area (Å²) in [6.45, 7) is 1.77. The standard InChI is InChI=1S/C16H16ClN3O4S/c1-2-6-18-16(23)20-13(21)8-24-15(22)12-9-25-14(19-12)10-4-3-5-11(17)7-10/h3-5,7,9H,2,6,8H2,1H3,(H2,18,20,21,23). The van der Waals surface area contributed by atoms with Crippen molar-refractivity contribution in [3.8, 4) is 10.6 Å². The number of halogens is 1. The molecule has 0 aliphatic rings. The average molecular weight is 382 g/mol. The Morgan fingerprint density at radius 1 is 1.32 bits per heavy atom. The summed E-state index contributed by atoms with van der Waals surface area (Å²) < 4.78 is 4.86. The lowest BCUT2D eigenvalue weighted by atomic mass is 10.2. The molecule has 2 rings (SSSR count). The molecule has 0 unspecified atom stereocenters. The Balaban J connectivity index is 1.87. The van der Waals surface area contributed by atoms with Gasteiger partial charge in [-0.1, -0.05) is 30.7 Å². The molecule has 2 N–H and O–H groups in total. The van der Waals surface area contributed by atoms with Crippen molar-refractivity contribution in [2.75, 3.05) is 13.2 Å². The molecule has 1 heterocycles. The van der Waals surface area contributed by atoms with Gasteiger partial charge < -0.3 is 10.1 Å². The molecule has 3 amide bonds. The van der Waals surface area contributed by atoms with Gasteiger partial charge in [0.05, 0.1) is 0 Å². The minimum Gasteiger partial charge on any atom is -0.451 e. The zero-order chi connectivity index (χ0) is 18.2. The number of rotatable bonds is 6. The number of hydrogen-bond acceptors (Lipinski definition) is 6. The Bertz CT molecular complexity index is 778. The summed E-state index contributed by atoms with van der Waals surface area (Å²) in [7, 11) is 0. The minimum absolute atomic E-state index is 0.0863. The van der Waals surface area contributed by atoms with Gasteiger partial charge in [-0.05, 0) is 18.6 Å². The smallest absolute Gasteiger partial charge is 0.358 e. The molecule has 0 saturated carbocycles. The summed E-state index contributed by atoms with van der Waals surface area (Å²) >= 11 is 7.19. The van der Waals surface area contributed by atoms with Crippen molar-refractivity contribution >= 4 is 40.8 Å². The van der Waals surface area contributed by atoms with E-state index in [2.05, 4.69) is 15.6 Å². The van der Waals surface area contributed by atoms with E-state index in [1.807, 2.05) is 13.0 Å². The Morgan fingerprint density at radius 3 is 2.84 bits per heavy atom. The Hall–Kier alpha value is -2.45. The van der Waals surface area contributed by atoms with Crippen LogP contribution >= 0.6 is 22.9 Å². The van der Waals surface area contributed by atoms with Gasteiger partial charge in [0, 0.05) is 22.5 Å². The molecule has 0 fully saturated rings. The van der Waals surface area contributed by atoms with E-state index in [1.54, 1.807) is 18.2 Å². The van der Waals surface area contributed by atoms with Crippen molar-refractivity contribution in [1.82, 2.24) is 15.6 Å². The molecule has 7 nitrogen and oxygen atoms in total. The quantitative estimate of drug-likeness (QED) is 0.750. The average Bonchev–Trinajstić information content (AvgIpc) is 3.08. The Labute approximate surface area is 153 Å². The van der Waals surface area contributed by atoms with Crippen LogP contribution in [0.3, 0.4) is 0 Å². The number of urea groups is 1. The molecule has 1 aromatic carbocycles. The van der Waals surface area contributed by atoms with Gasteiger partial charge in [0.1, 0.15) is 5.01 Å². The first-order chi connectivity index (χ1) is 12.0. The minimum atomic E-state index is -0.742. The predicted molar refractivity (Wildman–Crippen MR) is 94.7 cm³/mol. The molecule has 0 aliphatic heterocycles. The van der Waals surface area contributed by atoms with Crippen LogP contribution in [0.25, 0.3) is 10.6 Å². The van der Waals surface area contributed by atoms with Crippen molar-refractivity contribution in [1.29, 1.82) is 0 Å². The number of imide groups is 1. The summed E-state index contributed by atoms with van der Waals surface area (Å²) in [5.41, 5.74) is 0.866. The Morgan fingerprint density at radius 2 is 2.12 bits per heavy atom. The number of esters is 1. The molecule has 9 heteroatoms. The third kappa shape index (κ3) is 5.84.